The molecule has 1 N–H and O–H groups in total. The normalized spacial score (nSPS) is 42.8. The number of carbonyl (C=O) groups is 4. The Labute approximate surface area is 188 Å². The molecule has 0 aliphatic heterocycles. The fourth-order valence-electron chi connectivity index (χ4n) is 7.65. The van der Waals surface area contributed by atoms with Gasteiger partial charge in [0.25, 0.3) is 0 Å². The van der Waals surface area contributed by atoms with E-state index in [0.717, 1.165) is 18.4 Å². The van der Waals surface area contributed by atoms with Gasteiger partial charge in [0.05, 0.1) is 0 Å². The molecule has 176 valence electrons. The number of aliphatic hydroxyl groups is 1. The number of hydrogen-bond acceptors (Lipinski definition) is 7. The average Bonchev–Trinajstić information content (AvgIpc) is 2.99. The van der Waals surface area contributed by atoms with E-state index in [0.29, 0.717) is 38.0 Å². The Balaban J connectivity index is 1.67. The Morgan fingerprint density at radius 3 is 2.41 bits per heavy atom. The summed E-state index contributed by atoms with van der Waals surface area (Å²) in [4.78, 5) is 48.3. The van der Waals surface area contributed by atoms with E-state index >= 15 is 0 Å². The molecule has 4 aliphatic carbocycles. The van der Waals surface area contributed by atoms with E-state index in [1.807, 2.05) is 6.92 Å². The Bertz CT molecular complexity index is 891. The molecule has 7 atom stereocenters. The van der Waals surface area contributed by atoms with Crippen LogP contribution in [-0.2, 0) is 28.7 Å². The first-order valence-corrected chi connectivity index (χ1v) is 11.7. The fourth-order valence-corrected chi connectivity index (χ4v) is 7.65. The zero-order chi connectivity index (χ0) is 23.5. The van der Waals surface area contributed by atoms with Crippen LogP contribution >= 0.6 is 0 Å². The minimum absolute atomic E-state index is 0.0834. The molecular formula is C25H34O7. The molecule has 4 rings (SSSR count). The van der Waals surface area contributed by atoms with Crippen LogP contribution in [-0.4, -0.2) is 46.9 Å². The maximum Gasteiger partial charge on any atom is 0.303 e. The van der Waals surface area contributed by atoms with Gasteiger partial charge in [0.1, 0.15) is 11.7 Å². The summed E-state index contributed by atoms with van der Waals surface area (Å²) in [5.41, 5.74) is -1.46. The lowest BCUT2D eigenvalue weighted by molar-refractivity contribution is -0.173. The van der Waals surface area contributed by atoms with Crippen LogP contribution in [0.1, 0.15) is 72.6 Å². The molecule has 3 saturated carbocycles. The Morgan fingerprint density at radius 2 is 1.75 bits per heavy atom. The fraction of sp³-hybridized carbons (Fsp3) is 0.760. The van der Waals surface area contributed by atoms with Crippen LogP contribution in [0.3, 0.4) is 0 Å². The zero-order valence-corrected chi connectivity index (χ0v) is 19.4. The summed E-state index contributed by atoms with van der Waals surface area (Å²) in [6, 6.07) is 0. The van der Waals surface area contributed by atoms with E-state index in [9.17, 15) is 24.3 Å². The standard InChI is InChI=1S/C25H34O7/c1-14(26)31-13-22(29)25(30)10-7-19-17-12-21(32-15(2)27)20-11-16(28)5-8-23(20,3)18(17)6-9-24(19,25)4/h11,17-19,21,30H,5-10,12-13H2,1-4H3/t17?,18?,19?,21?,23?,24?,25-/m0/s1. The van der Waals surface area contributed by atoms with Gasteiger partial charge in [0.15, 0.2) is 12.4 Å². The van der Waals surface area contributed by atoms with Crippen LogP contribution in [0.2, 0.25) is 0 Å². The van der Waals surface area contributed by atoms with Gasteiger partial charge in [-0.15, -0.1) is 0 Å². The van der Waals surface area contributed by atoms with Crippen molar-refractivity contribution in [3.8, 4) is 0 Å². The van der Waals surface area contributed by atoms with Crippen LogP contribution in [0.25, 0.3) is 0 Å². The lowest BCUT2D eigenvalue weighted by atomic mass is 9.45. The molecule has 0 amide bonds. The smallest absolute Gasteiger partial charge is 0.303 e. The molecule has 6 unspecified atom stereocenters. The van der Waals surface area contributed by atoms with Crippen LogP contribution in [0.4, 0.5) is 0 Å². The van der Waals surface area contributed by atoms with Crippen molar-refractivity contribution in [2.24, 2.45) is 28.6 Å². The number of carbonyl (C=O) groups excluding carboxylic acids is 4. The number of ether oxygens (including phenoxy) is 2. The molecule has 7 nitrogen and oxygen atoms in total. The molecule has 4 aliphatic rings. The van der Waals surface area contributed by atoms with Crippen molar-refractivity contribution < 1.29 is 33.8 Å². The zero-order valence-electron chi connectivity index (χ0n) is 19.4. The second kappa shape index (κ2) is 7.79. The third kappa shape index (κ3) is 3.35. The van der Waals surface area contributed by atoms with E-state index < -0.39 is 35.5 Å². The molecule has 0 aromatic rings. The van der Waals surface area contributed by atoms with E-state index in [1.165, 1.54) is 13.8 Å². The predicted octanol–water partition coefficient (Wildman–Crippen LogP) is 2.92. The summed E-state index contributed by atoms with van der Waals surface area (Å²) in [5.74, 6) is -0.699. The Hall–Kier alpha value is -2.02. The third-order valence-electron chi connectivity index (χ3n) is 9.28. The molecule has 0 aromatic carbocycles. The van der Waals surface area contributed by atoms with Gasteiger partial charge in [-0.1, -0.05) is 13.8 Å². The van der Waals surface area contributed by atoms with Gasteiger partial charge in [-0.2, -0.15) is 0 Å². The van der Waals surface area contributed by atoms with Crippen molar-refractivity contribution in [1.82, 2.24) is 0 Å². The van der Waals surface area contributed by atoms with Crippen LogP contribution < -0.4 is 0 Å². The quantitative estimate of drug-likeness (QED) is 0.662. The number of hydrogen-bond donors (Lipinski definition) is 1. The van der Waals surface area contributed by atoms with Gasteiger partial charge < -0.3 is 14.6 Å². The van der Waals surface area contributed by atoms with Crippen molar-refractivity contribution in [1.29, 1.82) is 0 Å². The van der Waals surface area contributed by atoms with Gasteiger partial charge in [-0.3, -0.25) is 19.2 Å². The second-order valence-corrected chi connectivity index (χ2v) is 10.8. The number of fused-ring (bicyclic) bond motifs is 5. The van der Waals surface area contributed by atoms with Gasteiger partial charge in [0, 0.05) is 25.7 Å². The number of Topliss-reactive ketones (excluding diaryl/α,β-unsaturated/α-hetero) is 1. The van der Waals surface area contributed by atoms with Gasteiger partial charge in [0.2, 0.25) is 5.78 Å². The van der Waals surface area contributed by atoms with E-state index in [4.69, 9.17) is 9.47 Å². The van der Waals surface area contributed by atoms with Crippen molar-refractivity contribution in [2.75, 3.05) is 6.61 Å². The monoisotopic (exact) mass is 446 g/mol. The highest BCUT2D eigenvalue weighted by atomic mass is 16.5. The topological polar surface area (TPSA) is 107 Å². The molecule has 0 bridgehead atoms. The highest BCUT2D eigenvalue weighted by molar-refractivity contribution is 5.92. The summed E-state index contributed by atoms with van der Waals surface area (Å²) in [7, 11) is 0. The first-order chi connectivity index (χ1) is 14.9. The molecule has 0 aromatic heterocycles. The average molecular weight is 447 g/mol. The predicted molar refractivity (Wildman–Crippen MR) is 114 cm³/mol. The van der Waals surface area contributed by atoms with Crippen molar-refractivity contribution in [3.05, 3.63) is 11.6 Å². The largest absolute Gasteiger partial charge is 0.458 e. The van der Waals surface area contributed by atoms with E-state index in [1.54, 1.807) is 6.08 Å². The van der Waals surface area contributed by atoms with Crippen LogP contribution in [0.15, 0.2) is 11.6 Å². The van der Waals surface area contributed by atoms with Gasteiger partial charge in [-0.25, -0.2) is 0 Å². The Kier molecular flexibility index (Phi) is 5.63. The van der Waals surface area contributed by atoms with Crippen molar-refractivity contribution in [2.45, 2.75) is 84.3 Å². The molecular weight excluding hydrogens is 412 g/mol. The maximum absolute atomic E-state index is 13.0. The SMILES string of the molecule is CC(=O)OCC(=O)[C@@]1(O)CCC2C3CC(OC(C)=O)C4=CC(=O)CCC4(C)C3CCC21C. The summed E-state index contributed by atoms with van der Waals surface area (Å²) >= 11 is 0. The summed E-state index contributed by atoms with van der Waals surface area (Å²) in [6.45, 7) is 6.41. The van der Waals surface area contributed by atoms with Crippen LogP contribution in [0, 0.1) is 28.6 Å². The molecule has 3 fully saturated rings. The van der Waals surface area contributed by atoms with Crippen LogP contribution in [0.5, 0.6) is 0 Å². The first kappa shape index (κ1) is 23.1. The summed E-state index contributed by atoms with van der Waals surface area (Å²) in [5, 5.41) is 11.6. The molecule has 0 spiro atoms. The highest BCUT2D eigenvalue weighted by Crippen LogP contribution is 2.67. The van der Waals surface area contributed by atoms with Gasteiger partial charge >= 0.3 is 11.9 Å². The minimum atomic E-state index is -1.53. The maximum atomic E-state index is 13.0. The van der Waals surface area contributed by atoms with Crippen molar-refractivity contribution >= 4 is 23.5 Å². The van der Waals surface area contributed by atoms with Gasteiger partial charge in [-0.05, 0) is 73.3 Å². The first-order valence-electron chi connectivity index (χ1n) is 11.7. The summed E-state index contributed by atoms with van der Waals surface area (Å²) < 4.78 is 10.6. The minimum Gasteiger partial charge on any atom is -0.458 e. The number of esters is 2. The van der Waals surface area contributed by atoms with Crippen molar-refractivity contribution in [3.63, 3.8) is 0 Å². The molecule has 0 saturated heterocycles. The highest BCUT2D eigenvalue weighted by Gasteiger charge is 2.67. The molecule has 0 heterocycles. The molecule has 32 heavy (non-hydrogen) atoms. The lowest BCUT2D eigenvalue weighted by Gasteiger charge is -2.60. The molecule has 0 radical (unpaired) electrons. The second-order valence-electron chi connectivity index (χ2n) is 10.8. The lowest BCUT2D eigenvalue weighted by Crippen LogP contribution is -2.59. The molecule has 7 heteroatoms. The number of rotatable bonds is 4. The van der Waals surface area contributed by atoms with E-state index in [2.05, 4.69) is 6.92 Å². The third-order valence-corrected chi connectivity index (χ3v) is 9.28. The summed E-state index contributed by atoms with van der Waals surface area (Å²) in [6.07, 6.45) is 5.64. The van der Waals surface area contributed by atoms with E-state index in [-0.39, 0.29) is 29.0 Å². The number of ketones is 2. The Morgan fingerprint density at radius 1 is 1.06 bits per heavy atom.